The lowest BCUT2D eigenvalue weighted by atomic mass is 9.82. The van der Waals surface area contributed by atoms with Crippen LogP contribution in [0.1, 0.15) is 19.8 Å². The van der Waals surface area contributed by atoms with E-state index in [-0.39, 0.29) is 29.7 Å². The lowest BCUT2D eigenvalue weighted by Crippen LogP contribution is -2.43. The van der Waals surface area contributed by atoms with Crippen LogP contribution < -0.4 is 5.32 Å². The third-order valence-electron chi connectivity index (χ3n) is 4.19. The Balaban J connectivity index is 1.98. The molecule has 0 aliphatic heterocycles. The molecule has 5 heteroatoms. The van der Waals surface area contributed by atoms with Crippen LogP contribution in [0.3, 0.4) is 0 Å². The van der Waals surface area contributed by atoms with Crippen LogP contribution in [0.5, 0.6) is 0 Å². The van der Waals surface area contributed by atoms with Crippen molar-refractivity contribution >= 4 is 23.6 Å². The molecule has 5 atom stereocenters. The van der Waals surface area contributed by atoms with Crippen molar-refractivity contribution < 1.29 is 14.7 Å². The number of carbonyl (C=O) groups is 2. The van der Waals surface area contributed by atoms with Gasteiger partial charge in [-0.15, -0.1) is 0 Å². The maximum Gasteiger partial charge on any atom is 0.307 e. The lowest BCUT2D eigenvalue weighted by Gasteiger charge is -2.25. The second kappa shape index (κ2) is 5.99. The molecular weight excluding hydrogens is 262 g/mol. The van der Waals surface area contributed by atoms with E-state index in [1.54, 1.807) is 11.8 Å². The van der Waals surface area contributed by atoms with Gasteiger partial charge < -0.3 is 10.4 Å². The maximum atomic E-state index is 12.3. The van der Waals surface area contributed by atoms with Crippen LogP contribution in [-0.4, -0.2) is 35.0 Å². The first-order chi connectivity index (χ1) is 9.04. The predicted molar refractivity (Wildman–Crippen MR) is 76.0 cm³/mol. The summed E-state index contributed by atoms with van der Waals surface area (Å²) in [6, 6.07) is 0.109. The van der Waals surface area contributed by atoms with E-state index in [9.17, 15) is 14.7 Å². The number of carboxylic acids is 1. The number of rotatable bonds is 6. The quantitative estimate of drug-likeness (QED) is 0.729. The van der Waals surface area contributed by atoms with Crippen LogP contribution in [0.4, 0.5) is 0 Å². The van der Waals surface area contributed by atoms with Crippen molar-refractivity contribution in [3.63, 3.8) is 0 Å². The molecule has 2 aliphatic rings. The summed E-state index contributed by atoms with van der Waals surface area (Å²) in [5.41, 5.74) is 0. The molecule has 1 amide bonds. The largest absolute Gasteiger partial charge is 0.481 e. The molecule has 2 bridgehead atoms. The van der Waals surface area contributed by atoms with Crippen LogP contribution in [-0.2, 0) is 9.59 Å². The molecule has 0 spiro atoms. The van der Waals surface area contributed by atoms with Crippen molar-refractivity contribution in [3.05, 3.63) is 12.2 Å². The minimum Gasteiger partial charge on any atom is -0.481 e. The van der Waals surface area contributed by atoms with Crippen molar-refractivity contribution in [2.45, 2.75) is 25.8 Å². The average Bonchev–Trinajstić information content (AvgIpc) is 2.95. The van der Waals surface area contributed by atoms with E-state index in [4.69, 9.17) is 0 Å². The van der Waals surface area contributed by atoms with Crippen LogP contribution in [0.2, 0.25) is 0 Å². The highest BCUT2D eigenvalue weighted by Crippen LogP contribution is 2.48. The zero-order valence-corrected chi connectivity index (χ0v) is 12.2. The number of carboxylic acid groups (broad SMARTS) is 1. The molecule has 5 unspecified atom stereocenters. The van der Waals surface area contributed by atoms with Gasteiger partial charge in [-0.2, -0.15) is 11.8 Å². The van der Waals surface area contributed by atoms with Crippen molar-refractivity contribution in [3.8, 4) is 0 Å². The van der Waals surface area contributed by atoms with Crippen LogP contribution in [0, 0.1) is 23.7 Å². The Hall–Kier alpha value is -0.970. The van der Waals surface area contributed by atoms with Gasteiger partial charge in [0.05, 0.1) is 11.8 Å². The van der Waals surface area contributed by atoms with E-state index in [2.05, 4.69) is 5.32 Å². The van der Waals surface area contributed by atoms with E-state index in [1.807, 2.05) is 25.3 Å². The first-order valence-electron chi connectivity index (χ1n) is 6.75. The average molecular weight is 283 g/mol. The predicted octanol–water partition coefficient (Wildman–Crippen LogP) is 1.77. The normalized spacial score (nSPS) is 33.4. The van der Waals surface area contributed by atoms with Crippen molar-refractivity contribution in [2.75, 3.05) is 12.0 Å². The van der Waals surface area contributed by atoms with Crippen molar-refractivity contribution in [1.29, 1.82) is 0 Å². The fourth-order valence-electron chi connectivity index (χ4n) is 3.22. The number of fused-ring (bicyclic) bond motifs is 2. The van der Waals surface area contributed by atoms with Crippen molar-refractivity contribution in [2.24, 2.45) is 23.7 Å². The number of allylic oxidation sites excluding steroid dienone is 2. The third-order valence-corrected chi connectivity index (χ3v) is 4.83. The molecule has 2 rings (SSSR count). The Morgan fingerprint density at radius 3 is 2.58 bits per heavy atom. The summed E-state index contributed by atoms with van der Waals surface area (Å²) in [5.74, 6) is -0.697. The molecule has 1 fully saturated rings. The van der Waals surface area contributed by atoms with E-state index < -0.39 is 11.9 Å². The molecule has 106 valence electrons. The number of aliphatic carboxylic acids is 1. The fraction of sp³-hybridized carbons (Fsp3) is 0.714. The molecule has 0 heterocycles. The van der Waals surface area contributed by atoms with Gasteiger partial charge in [-0.1, -0.05) is 12.2 Å². The van der Waals surface area contributed by atoms with Crippen LogP contribution in [0.15, 0.2) is 12.2 Å². The molecule has 4 nitrogen and oxygen atoms in total. The molecule has 1 saturated carbocycles. The minimum absolute atomic E-state index is 0.0414. The summed E-state index contributed by atoms with van der Waals surface area (Å²) >= 11 is 1.75. The Morgan fingerprint density at radius 2 is 2.00 bits per heavy atom. The lowest BCUT2D eigenvalue weighted by molar-refractivity contribution is -0.148. The smallest absolute Gasteiger partial charge is 0.307 e. The first kappa shape index (κ1) is 14.4. The topological polar surface area (TPSA) is 66.4 Å². The molecule has 0 aromatic rings. The van der Waals surface area contributed by atoms with E-state index >= 15 is 0 Å². The number of thioether (sulfide) groups is 1. The Kier molecular flexibility index (Phi) is 4.55. The van der Waals surface area contributed by atoms with Gasteiger partial charge in [0, 0.05) is 6.04 Å². The highest BCUT2D eigenvalue weighted by molar-refractivity contribution is 7.98. The molecule has 2 aliphatic carbocycles. The molecule has 2 N–H and O–H groups in total. The number of amides is 1. The fourth-order valence-corrected chi connectivity index (χ4v) is 3.81. The Bertz CT molecular complexity index is 396. The van der Waals surface area contributed by atoms with Gasteiger partial charge in [0.2, 0.25) is 5.91 Å². The zero-order valence-electron chi connectivity index (χ0n) is 11.3. The standard InChI is InChI=1S/C14H21NO3S/c1-8(5-6-19-2)15-13(16)11-9-3-4-10(7-9)12(11)14(17)18/h3-4,8-12H,5-7H2,1-2H3,(H,15,16)(H,17,18). The summed E-state index contributed by atoms with van der Waals surface area (Å²) < 4.78 is 0. The molecule has 19 heavy (non-hydrogen) atoms. The van der Waals surface area contributed by atoms with Gasteiger partial charge in [0.1, 0.15) is 0 Å². The summed E-state index contributed by atoms with van der Waals surface area (Å²) in [7, 11) is 0. The molecule has 0 aromatic carbocycles. The number of hydrogen-bond acceptors (Lipinski definition) is 3. The van der Waals surface area contributed by atoms with E-state index in [0.717, 1.165) is 18.6 Å². The number of nitrogens with one attached hydrogen (secondary N) is 1. The molecule has 0 saturated heterocycles. The highest BCUT2D eigenvalue weighted by Gasteiger charge is 2.51. The summed E-state index contributed by atoms with van der Waals surface area (Å²) in [5, 5.41) is 12.3. The minimum atomic E-state index is -0.839. The number of carbonyl (C=O) groups excluding carboxylic acids is 1. The second-order valence-electron chi connectivity index (χ2n) is 5.53. The SMILES string of the molecule is CSCCC(C)NC(=O)C1C2C=CC(C2)C1C(=O)O. The van der Waals surface area contributed by atoms with Gasteiger partial charge in [0.15, 0.2) is 0 Å². The van der Waals surface area contributed by atoms with Gasteiger partial charge >= 0.3 is 5.97 Å². The van der Waals surface area contributed by atoms with Gasteiger partial charge in [-0.25, -0.2) is 0 Å². The molecular formula is C14H21NO3S. The Labute approximate surface area is 118 Å². The molecule has 0 radical (unpaired) electrons. The van der Waals surface area contributed by atoms with Crippen LogP contribution >= 0.6 is 11.8 Å². The Morgan fingerprint density at radius 1 is 1.37 bits per heavy atom. The third kappa shape index (κ3) is 2.96. The zero-order chi connectivity index (χ0) is 14.0. The van der Waals surface area contributed by atoms with E-state index in [0.29, 0.717) is 0 Å². The number of hydrogen-bond donors (Lipinski definition) is 2. The van der Waals surface area contributed by atoms with Crippen molar-refractivity contribution in [1.82, 2.24) is 5.32 Å². The second-order valence-corrected chi connectivity index (χ2v) is 6.51. The molecule has 0 aromatic heterocycles. The maximum absolute atomic E-state index is 12.3. The highest BCUT2D eigenvalue weighted by atomic mass is 32.2. The van der Waals surface area contributed by atoms with Gasteiger partial charge in [-0.05, 0) is 43.6 Å². The summed E-state index contributed by atoms with van der Waals surface area (Å²) in [6.45, 7) is 1.98. The van der Waals surface area contributed by atoms with Crippen LogP contribution in [0.25, 0.3) is 0 Å². The van der Waals surface area contributed by atoms with Gasteiger partial charge in [0.25, 0.3) is 0 Å². The monoisotopic (exact) mass is 283 g/mol. The summed E-state index contributed by atoms with van der Waals surface area (Å²) in [4.78, 5) is 23.7. The summed E-state index contributed by atoms with van der Waals surface area (Å²) in [6.07, 6.45) is 7.75. The van der Waals surface area contributed by atoms with Gasteiger partial charge in [-0.3, -0.25) is 9.59 Å². The first-order valence-corrected chi connectivity index (χ1v) is 8.14. The van der Waals surface area contributed by atoms with E-state index in [1.165, 1.54) is 0 Å².